The van der Waals surface area contributed by atoms with Gasteiger partial charge in [0.05, 0.1) is 6.26 Å². The van der Waals surface area contributed by atoms with Crippen molar-refractivity contribution < 1.29 is 22.7 Å². The number of ether oxygens (including phenoxy) is 1. The van der Waals surface area contributed by atoms with E-state index in [1.165, 1.54) is 10.6 Å². The van der Waals surface area contributed by atoms with Gasteiger partial charge in [-0.3, -0.25) is 9.59 Å². The number of nitrogens with two attached hydrogens (primary N) is 1. The molecule has 1 fully saturated rings. The third kappa shape index (κ3) is 4.68. The lowest BCUT2D eigenvalue weighted by molar-refractivity contribution is 0.0698. The second-order valence-corrected chi connectivity index (χ2v) is 8.45. The van der Waals surface area contributed by atoms with Crippen LogP contribution in [-0.2, 0) is 10.0 Å². The lowest BCUT2D eigenvalue weighted by Crippen LogP contribution is -2.50. The van der Waals surface area contributed by atoms with Crippen molar-refractivity contribution in [2.45, 2.75) is 0 Å². The molecule has 2 aromatic rings. The van der Waals surface area contributed by atoms with Crippen LogP contribution in [-0.4, -0.2) is 61.9 Å². The Morgan fingerprint density at radius 1 is 0.857 bits per heavy atom. The maximum absolute atomic E-state index is 12.6. The number of nitrogens with zero attached hydrogens (tertiary/aromatic N) is 2. The van der Waals surface area contributed by atoms with E-state index in [1.807, 2.05) is 0 Å². The van der Waals surface area contributed by atoms with Crippen LogP contribution in [0, 0.1) is 0 Å². The number of sulfonamides is 1. The molecule has 8 nitrogen and oxygen atoms in total. The Morgan fingerprint density at radius 2 is 1.32 bits per heavy atom. The Balaban J connectivity index is 1.61. The first-order valence-electron chi connectivity index (χ1n) is 8.66. The van der Waals surface area contributed by atoms with Gasteiger partial charge in [-0.05, 0) is 48.5 Å². The highest BCUT2D eigenvalue weighted by atomic mass is 32.2. The fourth-order valence-electron chi connectivity index (χ4n) is 2.89. The van der Waals surface area contributed by atoms with Gasteiger partial charge >= 0.3 is 0 Å². The molecule has 1 heterocycles. The van der Waals surface area contributed by atoms with E-state index in [-0.39, 0.29) is 5.91 Å². The number of amides is 2. The summed E-state index contributed by atoms with van der Waals surface area (Å²) in [6.45, 7) is 1.31. The molecule has 148 valence electrons. The summed E-state index contributed by atoms with van der Waals surface area (Å²) >= 11 is 0. The SMILES string of the molecule is CS(=O)(=O)N1CCN(C(=O)c2ccc(Oc3ccc(C(N)=O)cc3)cc2)CC1. The van der Waals surface area contributed by atoms with Crippen LogP contribution in [0.5, 0.6) is 11.5 Å². The molecule has 0 unspecified atom stereocenters. The van der Waals surface area contributed by atoms with Crippen molar-refractivity contribution in [1.29, 1.82) is 0 Å². The predicted molar refractivity (Wildman–Crippen MR) is 104 cm³/mol. The van der Waals surface area contributed by atoms with Gasteiger partial charge in [0.2, 0.25) is 15.9 Å². The lowest BCUT2D eigenvalue weighted by Gasteiger charge is -2.33. The lowest BCUT2D eigenvalue weighted by atomic mass is 10.1. The van der Waals surface area contributed by atoms with Gasteiger partial charge in [-0.25, -0.2) is 8.42 Å². The fourth-order valence-corrected chi connectivity index (χ4v) is 3.72. The molecule has 9 heteroatoms. The minimum Gasteiger partial charge on any atom is -0.457 e. The monoisotopic (exact) mass is 403 g/mol. The number of benzene rings is 2. The molecule has 0 radical (unpaired) electrons. The molecule has 0 saturated carbocycles. The van der Waals surface area contributed by atoms with Crippen molar-refractivity contribution in [3.8, 4) is 11.5 Å². The number of carbonyl (C=O) groups excluding carboxylic acids is 2. The molecule has 0 aromatic heterocycles. The van der Waals surface area contributed by atoms with E-state index in [0.29, 0.717) is 48.8 Å². The first-order valence-corrected chi connectivity index (χ1v) is 10.5. The zero-order valence-electron chi connectivity index (χ0n) is 15.4. The fraction of sp³-hybridized carbons (Fsp3) is 0.263. The van der Waals surface area contributed by atoms with E-state index in [9.17, 15) is 18.0 Å². The molecule has 1 saturated heterocycles. The number of hydrogen-bond donors (Lipinski definition) is 1. The third-order valence-corrected chi connectivity index (χ3v) is 5.77. The normalized spacial score (nSPS) is 15.2. The molecule has 2 N–H and O–H groups in total. The van der Waals surface area contributed by atoms with Gasteiger partial charge in [0.25, 0.3) is 5.91 Å². The largest absolute Gasteiger partial charge is 0.457 e. The van der Waals surface area contributed by atoms with E-state index in [0.717, 1.165) is 0 Å². The molecule has 0 aliphatic carbocycles. The topological polar surface area (TPSA) is 110 Å². The zero-order valence-corrected chi connectivity index (χ0v) is 16.2. The van der Waals surface area contributed by atoms with E-state index >= 15 is 0 Å². The average molecular weight is 403 g/mol. The standard InChI is InChI=1S/C19H21N3O5S/c1-28(25,26)22-12-10-21(11-13-22)19(24)15-4-8-17(9-5-15)27-16-6-2-14(3-7-16)18(20)23/h2-9H,10-13H2,1H3,(H2,20,23). The summed E-state index contributed by atoms with van der Waals surface area (Å²) in [4.78, 5) is 25.3. The van der Waals surface area contributed by atoms with E-state index in [2.05, 4.69) is 0 Å². The first-order chi connectivity index (χ1) is 13.2. The van der Waals surface area contributed by atoms with Crippen LogP contribution >= 0.6 is 0 Å². The third-order valence-electron chi connectivity index (χ3n) is 4.47. The van der Waals surface area contributed by atoms with Crippen molar-refractivity contribution >= 4 is 21.8 Å². The maximum atomic E-state index is 12.6. The summed E-state index contributed by atoms with van der Waals surface area (Å²) in [5.74, 6) is 0.434. The molecule has 3 rings (SSSR count). The minimum atomic E-state index is -3.23. The van der Waals surface area contributed by atoms with Crippen molar-refractivity contribution in [3.05, 3.63) is 59.7 Å². The Hall–Kier alpha value is -2.91. The van der Waals surface area contributed by atoms with Gasteiger partial charge in [-0.2, -0.15) is 4.31 Å². The molecule has 1 aliphatic heterocycles. The molecule has 2 aromatic carbocycles. The Kier molecular flexibility index (Phi) is 5.66. The van der Waals surface area contributed by atoms with Crippen LogP contribution in [0.2, 0.25) is 0 Å². The first kappa shape index (κ1) is 19.8. The van der Waals surface area contributed by atoms with E-state index < -0.39 is 15.9 Å². The van der Waals surface area contributed by atoms with Gasteiger partial charge in [-0.1, -0.05) is 0 Å². The van der Waals surface area contributed by atoms with Crippen LogP contribution in [0.3, 0.4) is 0 Å². The van der Waals surface area contributed by atoms with Crippen molar-refractivity contribution in [2.24, 2.45) is 5.73 Å². The molecule has 0 atom stereocenters. The quantitative estimate of drug-likeness (QED) is 0.809. The van der Waals surface area contributed by atoms with E-state index in [1.54, 1.807) is 53.4 Å². The Bertz CT molecular complexity index is 964. The molecule has 28 heavy (non-hydrogen) atoms. The summed E-state index contributed by atoms with van der Waals surface area (Å²) in [6.07, 6.45) is 1.17. The zero-order chi connectivity index (χ0) is 20.3. The van der Waals surface area contributed by atoms with Crippen molar-refractivity contribution in [1.82, 2.24) is 9.21 Å². The highest BCUT2D eigenvalue weighted by molar-refractivity contribution is 7.88. The van der Waals surface area contributed by atoms with Gasteiger partial charge in [-0.15, -0.1) is 0 Å². The molecule has 0 bridgehead atoms. The van der Waals surface area contributed by atoms with Crippen LogP contribution in [0.4, 0.5) is 0 Å². The number of primary amides is 1. The summed E-state index contributed by atoms with van der Waals surface area (Å²) in [7, 11) is -3.23. The molecule has 0 spiro atoms. The summed E-state index contributed by atoms with van der Waals surface area (Å²) in [5.41, 5.74) is 6.10. The van der Waals surface area contributed by atoms with Crippen molar-refractivity contribution in [2.75, 3.05) is 32.4 Å². The summed E-state index contributed by atoms with van der Waals surface area (Å²) in [5, 5.41) is 0. The van der Waals surface area contributed by atoms with Crippen LogP contribution in [0.1, 0.15) is 20.7 Å². The van der Waals surface area contributed by atoms with E-state index in [4.69, 9.17) is 10.5 Å². The number of hydrogen-bond acceptors (Lipinski definition) is 5. The number of carbonyl (C=O) groups is 2. The highest BCUT2D eigenvalue weighted by Crippen LogP contribution is 2.22. The molecule has 2 amide bonds. The second-order valence-electron chi connectivity index (χ2n) is 6.47. The second kappa shape index (κ2) is 7.99. The van der Waals surface area contributed by atoms with Crippen LogP contribution in [0.25, 0.3) is 0 Å². The predicted octanol–water partition coefficient (Wildman–Crippen LogP) is 1.30. The Morgan fingerprint density at radius 3 is 1.75 bits per heavy atom. The maximum Gasteiger partial charge on any atom is 0.253 e. The molecular formula is C19H21N3O5S. The number of piperazine rings is 1. The van der Waals surface area contributed by atoms with Crippen LogP contribution in [0.15, 0.2) is 48.5 Å². The van der Waals surface area contributed by atoms with Crippen LogP contribution < -0.4 is 10.5 Å². The summed E-state index contributed by atoms with van der Waals surface area (Å²) in [6, 6.07) is 13.1. The summed E-state index contributed by atoms with van der Waals surface area (Å²) < 4.78 is 30.2. The smallest absolute Gasteiger partial charge is 0.253 e. The molecule has 1 aliphatic rings. The highest BCUT2D eigenvalue weighted by Gasteiger charge is 2.26. The number of rotatable bonds is 5. The average Bonchev–Trinajstić information content (AvgIpc) is 2.68. The Labute approximate surface area is 163 Å². The van der Waals surface area contributed by atoms with Gasteiger partial charge in [0.15, 0.2) is 0 Å². The van der Waals surface area contributed by atoms with Gasteiger partial charge < -0.3 is 15.4 Å². The van der Waals surface area contributed by atoms with Gasteiger partial charge in [0.1, 0.15) is 11.5 Å². The molecular weight excluding hydrogens is 382 g/mol. The van der Waals surface area contributed by atoms with Gasteiger partial charge in [0, 0.05) is 37.3 Å². The minimum absolute atomic E-state index is 0.148. The van der Waals surface area contributed by atoms with Crippen molar-refractivity contribution in [3.63, 3.8) is 0 Å².